The second kappa shape index (κ2) is 7.45. The van der Waals surface area contributed by atoms with Crippen molar-refractivity contribution in [1.82, 2.24) is 0 Å². The molecule has 0 N–H and O–H groups in total. The smallest absolute Gasteiger partial charge is 0.0159 e. The van der Waals surface area contributed by atoms with Crippen molar-refractivity contribution in [3.8, 4) is 0 Å². The highest BCUT2D eigenvalue weighted by molar-refractivity contribution is 5.21. The van der Waals surface area contributed by atoms with Crippen molar-refractivity contribution < 1.29 is 0 Å². The molecular formula is C21H28. The second-order valence-corrected chi connectivity index (χ2v) is 6.55. The van der Waals surface area contributed by atoms with E-state index in [1.807, 2.05) is 0 Å². The summed E-state index contributed by atoms with van der Waals surface area (Å²) in [4.78, 5) is 0. The predicted molar refractivity (Wildman–Crippen MR) is 92.6 cm³/mol. The van der Waals surface area contributed by atoms with Crippen LogP contribution >= 0.6 is 0 Å². The van der Waals surface area contributed by atoms with E-state index in [-0.39, 0.29) is 0 Å². The zero-order valence-corrected chi connectivity index (χ0v) is 13.7. The Morgan fingerprint density at radius 2 is 1.43 bits per heavy atom. The van der Waals surface area contributed by atoms with Crippen molar-refractivity contribution in [2.24, 2.45) is 5.41 Å². The van der Waals surface area contributed by atoms with Gasteiger partial charge in [-0.3, -0.25) is 0 Å². The molecule has 2 aromatic rings. The molecule has 0 saturated carbocycles. The molecular weight excluding hydrogens is 252 g/mol. The molecule has 2 atom stereocenters. The molecule has 21 heavy (non-hydrogen) atoms. The molecule has 0 fully saturated rings. The van der Waals surface area contributed by atoms with Gasteiger partial charge in [0.15, 0.2) is 0 Å². The third-order valence-electron chi connectivity index (χ3n) is 4.83. The minimum atomic E-state index is 0.373. The first-order valence-electron chi connectivity index (χ1n) is 8.25. The van der Waals surface area contributed by atoms with Crippen LogP contribution in [0.15, 0.2) is 60.7 Å². The van der Waals surface area contributed by atoms with Gasteiger partial charge in [-0.15, -0.1) is 0 Å². The fourth-order valence-electron chi connectivity index (χ4n) is 3.25. The van der Waals surface area contributed by atoms with Crippen molar-refractivity contribution in [3.05, 3.63) is 71.8 Å². The molecule has 0 aliphatic carbocycles. The Bertz CT molecular complexity index is 514. The van der Waals surface area contributed by atoms with Crippen molar-refractivity contribution in [1.29, 1.82) is 0 Å². The van der Waals surface area contributed by atoms with E-state index in [1.165, 1.54) is 36.8 Å². The first-order valence-corrected chi connectivity index (χ1v) is 8.25. The summed E-state index contributed by atoms with van der Waals surface area (Å²) in [6.45, 7) is 7.10. The van der Waals surface area contributed by atoms with Crippen LogP contribution in [-0.4, -0.2) is 0 Å². The molecule has 112 valence electrons. The van der Waals surface area contributed by atoms with Crippen LogP contribution in [-0.2, 0) is 6.42 Å². The van der Waals surface area contributed by atoms with E-state index in [4.69, 9.17) is 0 Å². The quantitative estimate of drug-likeness (QED) is 0.564. The second-order valence-electron chi connectivity index (χ2n) is 6.55. The van der Waals surface area contributed by atoms with Gasteiger partial charge in [0.1, 0.15) is 0 Å². The van der Waals surface area contributed by atoms with Crippen LogP contribution in [0.2, 0.25) is 0 Å². The third kappa shape index (κ3) is 4.46. The van der Waals surface area contributed by atoms with E-state index in [1.54, 1.807) is 0 Å². The summed E-state index contributed by atoms with van der Waals surface area (Å²) in [5.41, 5.74) is 3.33. The molecule has 0 heteroatoms. The maximum Gasteiger partial charge on any atom is -0.0159 e. The molecule has 0 heterocycles. The van der Waals surface area contributed by atoms with Crippen molar-refractivity contribution in [2.75, 3.05) is 0 Å². The standard InChI is InChI=1S/C21H28/c1-4-19(20-14-10-7-11-15-20)17-21(3,5-2)16-18-12-8-6-9-13-18/h6-15,19H,4-5,16-17H2,1-3H3. The van der Waals surface area contributed by atoms with Gasteiger partial charge in [0.2, 0.25) is 0 Å². The molecule has 0 radical (unpaired) electrons. The number of hydrogen-bond donors (Lipinski definition) is 0. The van der Waals surface area contributed by atoms with Crippen molar-refractivity contribution in [3.63, 3.8) is 0 Å². The zero-order valence-electron chi connectivity index (χ0n) is 13.7. The molecule has 2 rings (SSSR count). The molecule has 0 spiro atoms. The monoisotopic (exact) mass is 280 g/mol. The molecule has 0 saturated heterocycles. The Kier molecular flexibility index (Phi) is 5.61. The molecule has 0 nitrogen and oxygen atoms in total. The summed E-state index contributed by atoms with van der Waals surface area (Å²) in [5.74, 6) is 0.667. The molecule has 2 unspecified atom stereocenters. The van der Waals surface area contributed by atoms with Crippen molar-refractivity contribution in [2.45, 2.75) is 52.4 Å². The summed E-state index contributed by atoms with van der Waals surface area (Å²) in [7, 11) is 0. The first kappa shape index (κ1) is 15.8. The van der Waals surface area contributed by atoms with E-state index >= 15 is 0 Å². The normalized spacial score (nSPS) is 15.4. The lowest BCUT2D eigenvalue weighted by atomic mass is 9.72. The van der Waals surface area contributed by atoms with Crippen LogP contribution in [0, 0.1) is 5.41 Å². The topological polar surface area (TPSA) is 0 Å². The lowest BCUT2D eigenvalue weighted by Crippen LogP contribution is -2.22. The third-order valence-corrected chi connectivity index (χ3v) is 4.83. The maximum absolute atomic E-state index is 2.45. The van der Waals surface area contributed by atoms with Gasteiger partial charge in [-0.2, -0.15) is 0 Å². The molecule has 0 aliphatic rings. The van der Waals surface area contributed by atoms with E-state index in [2.05, 4.69) is 81.4 Å². The van der Waals surface area contributed by atoms with Gasteiger partial charge in [0.05, 0.1) is 0 Å². The predicted octanol–water partition coefficient (Wildman–Crippen LogP) is 6.23. The van der Waals surface area contributed by atoms with Gasteiger partial charge < -0.3 is 0 Å². The van der Waals surface area contributed by atoms with Crippen molar-refractivity contribution >= 4 is 0 Å². The van der Waals surface area contributed by atoms with Crippen LogP contribution in [0.25, 0.3) is 0 Å². The number of rotatable bonds is 7. The van der Waals surface area contributed by atoms with Gasteiger partial charge >= 0.3 is 0 Å². The molecule has 0 aromatic heterocycles. The average molecular weight is 280 g/mol. The van der Waals surface area contributed by atoms with Crippen LogP contribution in [0.1, 0.15) is 57.1 Å². The number of hydrogen-bond acceptors (Lipinski definition) is 0. The van der Waals surface area contributed by atoms with Gasteiger partial charge in [-0.05, 0) is 41.7 Å². The Hall–Kier alpha value is -1.56. The van der Waals surface area contributed by atoms with Crippen LogP contribution in [0.4, 0.5) is 0 Å². The first-order chi connectivity index (χ1) is 10.2. The average Bonchev–Trinajstić information content (AvgIpc) is 2.54. The molecule has 0 amide bonds. The van der Waals surface area contributed by atoms with Gasteiger partial charge in [0.25, 0.3) is 0 Å². The lowest BCUT2D eigenvalue weighted by Gasteiger charge is -2.33. The highest BCUT2D eigenvalue weighted by atomic mass is 14.3. The van der Waals surface area contributed by atoms with E-state index in [0.717, 1.165) is 0 Å². The zero-order chi connectivity index (χ0) is 15.1. The SMILES string of the molecule is CCC(CC(C)(CC)Cc1ccccc1)c1ccccc1. The fraction of sp³-hybridized carbons (Fsp3) is 0.429. The minimum Gasteiger partial charge on any atom is -0.0649 e. The highest BCUT2D eigenvalue weighted by Gasteiger charge is 2.26. The van der Waals surface area contributed by atoms with E-state index < -0.39 is 0 Å². The van der Waals surface area contributed by atoms with E-state index in [9.17, 15) is 0 Å². The molecule has 2 aromatic carbocycles. The Morgan fingerprint density at radius 3 is 1.95 bits per heavy atom. The van der Waals surface area contributed by atoms with Gasteiger partial charge in [-0.1, -0.05) is 87.9 Å². The summed E-state index contributed by atoms with van der Waals surface area (Å²) in [5, 5.41) is 0. The summed E-state index contributed by atoms with van der Waals surface area (Å²) >= 11 is 0. The highest BCUT2D eigenvalue weighted by Crippen LogP contribution is 2.38. The Balaban J connectivity index is 2.12. The van der Waals surface area contributed by atoms with Crippen LogP contribution in [0.5, 0.6) is 0 Å². The van der Waals surface area contributed by atoms with Crippen LogP contribution < -0.4 is 0 Å². The molecule has 0 aliphatic heterocycles. The van der Waals surface area contributed by atoms with E-state index in [0.29, 0.717) is 11.3 Å². The number of benzene rings is 2. The minimum absolute atomic E-state index is 0.373. The summed E-state index contributed by atoms with van der Waals surface area (Å²) in [6.07, 6.45) is 4.88. The maximum atomic E-state index is 2.45. The van der Waals surface area contributed by atoms with Crippen LogP contribution in [0.3, 0.4) is 0 Å². The Labute approximate surface area is 130 Å². The largest absolute Gasteiger partial charge is 0.0649 e. The summed E-state index contributed by atoms with van der Waals surface area (Å²) < 4.78 is 0. The molecule has 0 bridgehead atoms. The van der Waals surface area contributed by atoms with Gasteiger partial charge in [0, 0.05) is 0 Å². The summed E-state index contributed by atoms with van der Waals surface area (Å²) in [6, 6.07) is 21.9. The fourth-order valence-corrected chi connectivity index (χ4v) is 3.25. The van der Waals surface area contributed by atoms with Gasteiger partial charge in [-0.25, -0.2) is 0 Å². The lowest BCUT2D eigenvalue weighted by molar-refractivity contribution is 0.255. The Morgan fingerprint density at radius 1 is 0.857 bits per heavy atom.